The van der Waals surface area contributed by atoms with Crippen molar-refractivity contribution >= 4 is 11.8 Å². The van der Waals surface area contributed by atoms with Crippen molar-refractivity contribution in [3.05, 3.63) is 47.7 Å². The van der Waals surface area contributed by atoms with Crippen molar-refractivity contribution in [3.63, 3.8) is 0 Å². The number of rotatable bonds is 7. The van der Waals surface area contributed by atoms with Crippen molar-refractivity contribution in [2.24, 2.45) is 5.92 Å². The zero-order chi connectivity index (χ0) is 24.1. The van der Waals surface area contributed by atoms with Crippen LogP contribution in [0, 0.1) is 12.8 Å². The Morgan fingerprint density at radius 3 is 2.76 bits per heavy atom. The van der Waals surface area contributed by atoms with Gasteiger partial charge >= 0.3 is 0 Å². The van der Waals surface area contributed by atoms with Gasteiger partial charge in [0.2, 0.25) is 11.8 Å². The molecule has 1 aliphatic rings. The summed E-state index contributed by atoms with van der Waals surface area (Å²) in [7, 11) is 3.18. The molecule has 8 heteroatoms. The van der Waals surface area contributed by atoms with Gasteiger partial charge in [0, 0.05) is 38.4 Å². The number of aromatic nitrogens is 1. The first-order valence-electron chi connectivity index (χ1n) is 11.1. The molecule has 8 nitrogen and oxygen atoms in total. The SMILES string of the molecule is COCC(=O)N(C)C[C@@H]1Oc2ncc(-c3ccccc3C)cc2C(=O)N([C@@H](C)CO)C[C@H]1C. The molecule has 1 aromatic heterocycles. The first kappa shape index (κ1) is 24.7. The molecule has 178 valence electrons. The van der Waals surface area contributed by atoms with Gasteiger partial charge in [-0.1, -0.05) is 31.2 Å². The van der Waals surface area contributed by atoms with Gasteiger partial charge in [-0.2, -0.15) is 0 Å². The van der Waals surface area contributed by atoms with Crippen molar-refractivity contribution in [2.45, 2.75) is 32.9 Å². The van der Waals surface area contributed by atoms with Crippen LogP contribution in [0.1, 0.15) is 29.8 Å². The van der Waals surface area contributed by atoms with E-state index in [2.05, 4.69) is 4.98 Å². The minimum Gasteiger partial charge on any atom is -0.472 e. The number of aliphatic hydroxyl groups excluding tert-OH is 1. The van der Waals surface area contributed by atoms with E-state index < -0.39 is 6.10 Å². The molecular formula is C25H33N3O5. The highest BCUT2D eigenvalue weighted by Gasteiger charge is 2.34. The number of likely N-dealkylation sites (N-methyl/N-ethyl adjacent to an activating group) is 1. The number of ether oxygens (including phenoxy) is 2. The predicted molar refractivity (Wildman–Crippen MR) is 125 cm³/mol. The molecule has 1 N–H and O–H groups in total. The van der Waals surface area contributed by atoms with Crippen molar-refractivity contribution in [1.29, 1.82) is 0 Å². The molecule has 2 amide bonds. The van der Waals surface area contributed by atoms with Crippen LogP contribution in [0.15, 0.2) is 36.5 Å². The van der Waals surface area contributed by atoms with Crippen molar-refractivity contribution in [1.82, 2.24) is 14.8 Å². The summed E-state index contributed by atoms with van der Waals surface area (Å²) in [6.45, 7) is 6.32. The van der Waals surface area contributed by atoms with E-state index in [0.29, 0.717) is 18.7 Å². The topological polar surface area (TPSA) is 92.2 Å². The van der Waals surface area contributed by atoms with Gasteiger partial charge in [0.25, 0.3) is 5.91 Å². The van der Waals surface area contributed by atoms with E-state index in [1.54, 1.807) is 29.1 Å². The summed E-state index contributed by atoms with van der Waals surface area (Å²) in [4.78, 5) is 33.6. The Morgan fingerprint density at radius 1 is 1.36 bits per heavy atom. The fourth-order valence-corrected chi connectivity index (χ4v) is 3.97. The summed E-state index contributed by atoms with van der Waals surface area (Å²) in [5.41, 5.74) is 3.22. The summed E-state index contributed by atoms with van der Waals surface area (Å²) in [6.07, 6.45) is 1.31. The molecule has 3 atom stereocenters. The number of hydrogen-bond acceptors (Lipinski definition) is 6. The molecule has 0 radical (unpaired) electrons. The molecule has 0 bridgehead atoms. The Morgan fingerprint density at radius 2 is 2.09 bits per heavy atom. The number of nitrogens with zero attached hydrogens (tertiary/aromatic N) is 3. The molecule has 33 heavy (non-hydrogen) atoms. The minimum absolute atomic E-state index is 0.0155. The smallest absolute Gasteiger partial charge is 0.259 e. The quantitative estimate of drug-likeness (QED) is 0.689. The Kier molecular flexibility index (Phi) is 8.05. The summed E-state index contributed by atoms with van der Waals surface area (Å²) >= 11 is 0. The highest BCUT2D eigenvalue weighted by molar-refractivity contribution is 5.98. The number of aryl methyl sites for hydroxylation is 1. The number of hydrogen-bond donors (Lipinski definition) is 1. The Bertz CT molecular complexity index is 996. The number of benzene rings is 1. The van der Waals surface area contributed by atoms with Gasteiger partial charge in [0.15, 0.2) is 0 Å². The van der Waals surface area contributed by atoms with Crippen LogP contribution in [0.5, 0.6) is 5.88 Å². The molecule has 1 aliphatic heterocycles. The van der Waals surface area contributed by atoms with Gasteiger partial charge in [-0.25, -0.2) is 4.98 Å². The van der Waals surface area contributed by atoms with Crippen LogP contribution in [-0.4, -0.2) is 84.3 Å². The third-order valence-electron chi connectivity index (χ3n) is 6.12. The summed E-state index contributed by atoms with van der Waals surface area (Å²) in [6, 6.07) is 9.34. The molecule has 1 aromatic carbocycles. The zero-order valence-electron chi connectivity index (χ0n) is 19.9. The Labute approximate surface area is 195 Å². The van der Waals surface area contributed by atoms with E-state index in [1.165, 1.54) is 7.11 Å². The van der Waals surface area contributed by atoms with Crippen LogP contribution < -0.4 is 4.74 Å². The van der Waals surface area contributed by atoms with Gasteiger partial charge in [-0.05, 0) is 31.0 Å². The van der Waals surface area contributed by atoms with Crippen LogP contribution in [0.3, 0.4) is 0 Å². The maximum Gasteiger partial charge on any atom is 0.259 e. The first-order valence-corrected chi connectivity index (χ1v) is 11.1. The van der Waals surface area contributed by atoms with Gasteiger partial charge in [0.05, 0.1) is 19.2 Å². The second-order valence-electron chi connectivity index (χ2n) is 8.72. The summed E-state index contributed by atoms with van der Waals surface area (Å²) in [5.74, 6) is -0.262. The number of pyridine rings is 1. The largest absolute Gasteiger partial charge is 0.472 e. The van der Waals surface area contributed by atoms with Crippen LogP contribution in [-0.2, 0) is 9.53 Å². The number of aliphatic hydroxyl groups is 1. The maximum absolute atomic E-state index is 13.5. The van der Waals surface area contributed by atoms with E-state index in [1.807, 2.05) is 45.0 Å². The molecule has 2 aromatic rings. The summed E-state index contributed by atoms with van der Waals surface area (Å²) in [5, 5.41) is 9.81. The normalized spacial score (nSPS) is 19.2. The lowest BCUT2D eigenvalue weighted by Crippen LogP contribution is -2.50. The van der Waals surface area contributed by atoms with E-state index in [9.17, 15) is 14.7 Å². The molecule has 0 saturated carbocycles. The molecule has 0 unspecified atom stereocenters. The Balaban J connectivity index is 2.02. The van der Waals surface area contributed by atoms with Crippen LogP contribution >= 0.6 is 0 Å². The standard InChI is InChI=1S/C25H33N3O5/c1-16-8-6-7-9-20(16)19-10-21-24(26-11-19)33-22(13-27(4)23(30)15-32-5)17(2)12-28(25(21)31)18(3)14-29/h6-11,17-18,22,29H,12-15H2,1-5H3/t17-,18+,22+/m1/s1. The Hall–Kier alpha value is -2.97. The number of carbonyl (C=O) groups excluding carboxylic acids is 2. The fourth-order valence-electron chi connectivity index (χ4n) is 3.97. The minimum atomic E-state index is -0.395. The lowest BCUT2D eigenvalue weighted by Gasteiger charge is -2.37. The third-order valence-corrected chi connectivity index (χ3v) is 6.12. The number of methoxy groups -OCH3 is 1. The van der Waals surface area contributed by atoms with E-state index >= 15 is 0 Å². The van der Waals surface area contributed by atoms with Gasteiger partial charge in [-0.3, -0.25) is 9.59 Å². The zero-order valence-corrected chi connectivity index (χ0v) is 19.9. The highest BCUT2D eigenvalue weighted by atomic mass is 16.5. The fraction of sp³-hybridized carbons (Fsp3) is 0.480. The molecule has 3 rings (SSSR count). The van der Waals surface area contributed by atoms with Gasteiger partial charge in [0.1, 0.15) is 18.3 Å². The molecule has 0 fully saturated rings. The second-order valence-corrected chi connectivity index (χ2v) is 8.72. The number of carbonyl (C=O) groups is 2. The van der Waals surface area contributed by atoms with Crippen LogP contribution in [0.25, 0.3) is 11.1 Å². The number of fused-ring (bicyclic) bond motifs is 1. The molecular weight excluding hydrogens is 422 g/mol. The highest BCUT2D eigenvalue weighted by Crippen LogP contribution is 2.31. The predicted octanol–water partition coefficient (Wildman–Crippen LogP) is 2.38. The van der Waals surface area contributed by atoms with Crippen molar-refractivity contribution < 1.29 is 24.2 Å². The van der Waals surface area contributed by atoms with Gasteiger partial charge in [-0.15, -0.1) is 0 Å². The third kappa shape index (κ3) is 5.51. The monoisotopic (exact) mass is 455 g/mol. The van der Waals surface area contributed by atoms with E-state index in [0.717, 1.165) is 16.7 Å². The number of amides is 2. The van der Waals surface area contributed by atoms with E-state index in [-0.39, 0.29) is 42.9 Å². The average molecular weight is 456 g/mol. The second kappa shape index (κ2) is 10.8. The van der Waals surface area contributed by atoms with Crippen LogP contribution in [0.2, 0.25) is 0 Å². The van der Waals surface area contributed by atoms with Gasteiger partial charge < -0.3 is 24.4 Å². The van der Waals surface area contributed by atoms with Crippen molar-refractivity contribution in [3.8, 4) is 17.0 Å². The maximum atomic E-state index is 13.5. The van der Waals surface area contributed by atoms with Crippen molar-refractivity contribution in [2.75, 3.05) is 40.5 Å². The lowest BCUT2D eigenvalue weighted by molar-refractivity contribution is -0.135. The summed E-state index contributed by atoms with van der Waals surface area (Å²) < 4.78 is 11.2. The van der Waals surface area contributed by atoms with E-state index in [4.69, 9.17) is 9.47 Å². The lowest BCUT2D eigenvalue weighted by atomic mass is 9.98. The molecule has 0 saturated heterocycles. The average Bonchev–Trinajstić information content (AvgIpc) is 2.81. The molecule has 0 spiro atoms. The van der Waals surface area contributed by atoms with Crippen LogP contribution in [0.4, 0.5) is 0 Å². The first-order chi connectivity index (χ1) is 15.8. The molecule has 0 aliphatic carbocycles. The molecule has 2 heterocycles.